The summed E-state index contributed by atoms with van der Waals surface area (Å²) < 4.78 is 36.6. The summed E-state index contributed by atoms with van der Waals surface area (Å²) in [6, 6.07) is 0. The van der Waals surface area contributed by atoms with Crippen molar-refractivity contribution in [3.63, 3.8) is 0 Å². The van der Waals surface area contributed by atoms with Crippen molar-refractivity contribution >= 4 is 5.91 Å². The van der Waals surface area contributed by atoms with E-state index in [4.69, 9.17) is 9.47 Å². The molecule has 3 rings (SSSR count). The van der Waals surface area contributed by atoms with E-state index in [-0.39, 0.29) is 30.3 Å². The van der Waals surface area contributed by atoms with Crippen LogP contribution in [-0.4, -0.2) is 56.2 Å². The molecular formula is C15H23F2NO3. The molecule has 0 aromatic rings. The van der Waals surface area contributed by atoms with Crippen LogP contribution in [0.25, 0.3) is 0 Å². The van der Waals surface area contributed by atoms with Gasteiger partial charge in [-0.3, -0.25) is 4.79 Å². The number of ether oxygens (including phenoxy) is 2. The van der Waals surface area contributed by atoms with Gasteiger partial charge in [0.2, 0.25) is 11.8 Å². The molecule has 3 aliphatic rings. The molecule has 0 radical (unpaired) electrons. The van der Waals surface area contributed by atoms with E-state index >= 15 is 0 Å². The molecule has 2 saturated heterocycles. The zero-order valence-corrected chi connectivity index (χ0v) is 12.4. The first-order chi connectivity index (χ1) is 9.93. The van der Waals surface area contributed by atoms with E-state index in [1.807, 2.05) is 0 Å². The molecule has 1 amide bonds. The maximum Gasteiger partial charge on any atom is 0.249 e. The van der Waals surface area contributed by atoms with Crippen molar-refractivity contribution in [1.82, 2.24) is 4.90 Å². The van der Waals surface area contributed by atoms with E-state index < -0.39 is 11.8 Å². The normalized spacial score (nSPS) is 31.4. The monoisotopic (exact) mass is 303 g/mol. The number of hydrogen-bond acceptors (Lipinski definition) is 3. The van der Waals surface area contributed by atoms with Crippen molar-refractivity contribution < 1.29 is 23.0 Å². The number of likely N-dealkylation sites (tertiary alicyclic amines) is 1. The number of nitrogens with zero attached hydrogens (tertiary/aromatic N) is 1. The number of hydrogen-bond donors (Lipinski definition) is 0. The van der Waals surface area contributed by atoms with Gasteiger partial charge >= 0.3 is 0 Å². The van der Waals surface area contributed by atoms with Crippen LogP contribution in [0, 0.1) is 11.3 Å². The summed E-state index contributed by atoms with van der Waals surface area (Å²) in [4.78, 5) is 14.0. The fraction of sp³-hybridized carbons (Fsp3) is 0.933. The van der Waals surface area contributed by atoms with E-state index in [1.165, 1.54) is 0 Å². The van der Waals surface area contributed by atoms with Gasteiger partial charge in [-0.2, -0.15) is 0 Å². The van der Waals surface area contributed by atoms with Gasteiger partial charge < -0.3 is 14.4 Å². The van der Waals surface area contributed by atoms with Crippen LogP contribution in [0.4, 0.5) is 8.78 Å². The molecule has 0 aromatic heterocycles. The SMILES string of the molecule is COCC1CC2(CCN(C(=O)C3CC(F)(F)C3)CC2)CO1. The van der Waals surface area contributed by atoms with E-state index in [9.17, 15) is 13.6 Å². The van der Waals surface area contributed by atoms with Gasteiger partial charge in [-0.1, -0.05) is 0 Å². The molecular weight excluding hydrogens is 280 g/mol. The minimum atomic E-state index is -2.62. The second-order valence-corrected chi connectivity index (χ2v) is 6.88. The molecule has 0 N–H and O–H groups in total. The Labute approximate surface area is 123 Å². The highest BCUT2D eigenvalue weighted by atomic mass is 19.3. The van der Waals surface area contributed by atoms with Crippen LogP contribution in [0.2, 0.25) is 0 Å². The average Bonchev–Trinajstić information content (AvgIpc) is 2.80. The predicted molar refractivity (Wildman–Crippen MR) is 72.2 cm³/mol. The number of halogens is 2. The van der Waals surface area contributed by atoms with Gasteiger partial charge in [0.25, 0.3) is 0 Å². The summed E-state index contributed by atoms with van der Waals surface area (Å²) in [6.07, 6.45) is 2.40. The Morgan fingerprint density at radius 1 is 1.29 bits per heavy atom. The first kappa shape index (κ1) is 15.2. The lowest BCUT2D eigenvalue weighted by molar-refractivity contribution is -0.161. The van der Waals surface area contributed by atoms with Crippen LogP contribution in [0.3, 0.4) is 0 Å². The van der Waals surface area contributed by atoms with Crippen molar-refractivity contribution in [3.05, 3.63) is 0 Å². The third kappa shape index (κ3) is 3.06. The van der Waals surface area contributed by atoms with Gasteiger partial charge in [0.1, 0.15) is 0 Å². The van der Waals surface area contributed by atoms with Gasteiger partial charge in [0, 0.05) is 39.0 Å². The summed E-state index contributed by atoms with van der Waals surface area (Å²) in [6.45, 7) is 2.68. The maximum atomic E-state index is 12.9. The van der Waals surface area contributed by atoms with Crippen molar-refractivity contribution in [2.75, 3.05) is 33.4 Å². The van der Waals surface area contributed by atoms with Crippen LogP contribution >= 0.6 is 0 Å². The van der Waals surface area contributed by atoms with Gasteiger partial charge in [0.05, 0.1) is 19.3 Å². The Morgan fingerprint density at radius 3 is 2.52 bits per heavy atom. The Kier molecular flexibility index (Phi) is 3.94. The molecule has 1 unspecified atom stereocenters. The Balaban J connectivity index is 1.48. The summed E-state index contributed by atoms with van der Waals surface area (Å²) in [7, 11) is 1.67. The third-order valence-corrected chi connectivity index (χ3v) is 5.21. The molecule has 120 valence electrons. The fourth-order valence-corrected chi connectivity index (χ4v) is 3.83. The van der Waals surface area contributed by atoms with Crippen LogP contribution in [0.15, 0.2) is 0 Å². The Bertz CT molecular complexity index is 400. The number of amides is 1. The molecule has 6 heteroatoms. The standard InChI is InChI=1S/C15H23F2NO3/c1-20-9-12-8-14(10-21-12)2-4-18(5-3-14)13(19)11-6-15(16,17)7-11/h11-12H,2-10H2,1H3. The van der Waals surface area contributed by atoms with E-state index in [2.05, 4.69) is 0 Å². The Hall–Kier alpha value is -0.750. The molecule has 21 heavy (non-hydrogen) atoms. The van der Waals surface area contributed by atoms with Crippen molar-refractivity contribution in [3.8, 4) is 0 Å². The molecule has 0 bridgehead atoms. The summed E-state index contributed by atoms with van der Waals surface area (Å²) in [5.74, 6) is -3.16. The average molecular weight is 303 g/mol. The van der Waals surface area contributed by atoms with Crippen molar-refractivity contribution in [1.29, 1.82) is 0 Å². The molecule has 2 aliphatic heterocycles. The van der Waals surface area contributed by atoms with Crippen LogP contribution in [0.5, 0.6) is 0 Å². The van der Waals surface area contributed by atoms with E-state index in [0.29, 0.717) is 19.7 Å². The first-order valence-electron chi connectivity index (χ1n) is 7.70. The van der Waals surface area contributed by atoms with Gasteiger partial charge in [0.15, 0.2) is 0 Å². The summed E-state index contributed by atoms with van der Waals surface area (Å²) >= 11 is 0. The second kappa shape index (κ2) is 5.47. The maximum absolute atomic E-state index is 12.9. The van der Waals surface area contributed by atoms with Crippen LogP contribution in [-0.2, 0) is 14.3 Å². The summed E-state index contributed by atoms with van der Waals surface area (Å²) in [5.41, 5.74) is 0.156. The third-order valence-electron chi connectivity index (χ3n) is 5.21. The molecule has 4 nitrogen and oxygen atoms in total. The minimum absolute atomic E-state index is 0.0804. The van der Waals surface area contributed by atoms with Crippen LogP contribution < -0.4 is 0 Å². The molecule has 1 saturated carbocycles. The Morgan fingerprint density at radius 2 is 1.95 bits per heavy atom. The topological polar surface area (TPSA) is 38.8 Å². The van der Waals surface area contributed by atoms with Crippen molar-refractivity contribution in [2.24, 2.45) is 11.3 Å². The van der Waals surface area contributed by atoms with Gasteiger partial charge in [-0.15, -0.1) is 0 Å². The highest BCUT2D eigenvalue weighted by molar-refractivity contribution is 5.80. The number of carbonyl (C=O) groups excluding carboxylic acids is 1. The minimum Gasteiger partial charge on any atom is -0.382 e. The smallest absolute Gasteiger partial charge is 0.249 e. The molecule has 2 heterocycles. The molecule has 1 spiro atoms. The second-order valence-electron chi connectivity index (χ2n) is 6.88. The quantitative estimate of drug-likeness (QED) is 0.801. The molecule has 1 aliphatic carbocycles. The van der Waals surface area contributed by atoms with E-state index in [1.54, 1.807) is 12.0 Å². The van der Waals surface area contributed by atoms with Gasteiger partial charge in [-0.05, 0) is 24.7 Å². The lowest BCUT2D eigenvalue weighted by Gasteiger charge is -2.42. The molecule has 0 aromatic carbocycles. The highest BCUT2D eigenvalue weighted by Gasteiger charge is 2.51. The first-order valence-corrected chi connectivity index (χ1v) is 7.70. The lowest BCUT2D eigenvalue weighted by Crippen LogP contribution is -2.50. The molecule has 3 fully saturated rings. The zero-order valence-electron chi connectivity index (χ0n) is 12.4. The zero-order chi connectivity index (χ0) is 15.1. The number of methoxy groups -OCH3 is 1. The predicted octanol–water partition coefficient (Wildman–Crippen LogP) is 2.08. The number of piperidine rings is 1. The number of rotatable bonds is 3. The fourth-order valence-electron chi connectivity index (χ4n) is 3.83. The lowest BCUT2D eigenvalue weighted by atomic mass is 9.75. The summed E-state index contributed by atoms with van der Waals surface area (Å²) in [5, 5.41) is 0. The highest BCUT2D eigenvalue weighted by Crippen LogP contribution is 2.45. The van der Waals surface area contributed by atoms with E-state index in [0.717, 1.165) is 25.9 Å². The molecule has 1 atom stereocenters. The number of alkyl halides is 2. The van der Waals surface area contributed by atoms with Crippen molar-refractivity contribution in [2.45, 2.75) is 44.1 Å². The van der Waals surface area contributed by atoms with Gasteiger partial charge in [-0.25, -0.2) is 8.78 Å². The largest absolute Gasteiger partial charge is 0.382 e. The number of carbonyl (C=O) groups is 1. The van der Waals surface area contributed by atoms with Crippen LogP contribution in [0.1, 0.15) is 32.1 Å².